The third-order valence-corrected chi connectivity index (χ3v) is 2.79. The van der Waals surface area contributed by atoms with Crippen LogP contribution in [0.1, 0.15) is 18.1 Å². The van der Waals surface area contributed by atoms with Crippen LogP contribution < -0.4 is 0 Å². The summed E-state index contributed by atoms with van der Waals surface area (Å²) >= 11 is 5.94. The summed E-state index contributed by atoms with van der Waals surface area (Å²) in [4.78, 5) is 8.48. The second kappa shape index (κ2) is 5.61. The maximum atomic E-state index is 5.94. The Bertz CT molecular complexity index is 588. The second-order valence-corrected chi connectivity index (χ2v) is 4.33. The Morgan fingerprint density at radius 2 is 1.89 bits per heavy atom. The van der Waals surface area contributed by atoms with Crippen LogP contribution in [0.2, 0.25) is 5.02 Å². The first-order valence-corrected chi connectivity index (χ1v) is 5.95. The summed E-state index contributed by atoms with van der Waals surface area (Å²) in [5.74, 6) is 0. The standard InChI is InChI=1S/C15H13ClN2/c1-11(13-6-8-17-9-7-13)18-12(2)14-4-3-5-15(16)10-14/h3-10H,2H2,1H3/b18-11+. The van der Waals surface area contributed by atoms with Gasteiger partial charge in [-0.3, -0.25) is 9.98 Å². The molecular formula is C15H13ClN2. The molecular weight excluding hydrogens is 244 g/mol. The van der Waals surface area contributed by atoms with Crippen molar-refractivity contribution in [2.75, 3.05) is 0 Å². The van der Waals surface area contributed by atoms with Crippen LogP contribution in [0.3, 0.4) is 0 Å². The van der Waals surface area contributed by atoms with Gasteiger partial charge in [-0.25, -0.2) is 0 Å². The van der Waals surface area contributed by atoms with Gasteiger partial charge in [0, 0.05) is 28.7 Å². The number of rotatable bonds is 3. The van der Waals surface area contributed by atoms with Crippen LogP contribution >= 0.6 is 11.6 Å². The number of aromatic nitrogens is 1. The van der Waals surface area contributed by atoms with Crippen molar-refractivity contribution in [2.45, 2.75) is 6.92 Å². The van der Waals surface area contributed by atoms with E-state index >= 15 is 0 Å². The van der Waals surface area contributed by atoms with Crippen molar-refractivity contribution < 1.29 is 0 Å². The zero-order valence-electron chi connectivity index (χ0n) is 10.1. The Morgan fingerprint density at radius 1 is 1.17 bits per heavy atom. The number of halogens is 1. The smallest absolute Gasteiger partial charge is 0.0634 e. The van der Waals surface area contributed by atoms with Crippen molar-refractivity contribution >= 4 is 23.0 Å². The van der Waals surface area contributed by atoms with Crippen molar-refractivity contribution in [2.24, 2.45) is 4.99 Å². The fourth-order valence-electron chi connectivity index (χ4n) is 1.59. The molecule has 0 aliphatic carbocycles. The molecule has 0 amide bonds. The van der Waals surface area contributed by atoms with Crippen molar-refractivity contribution in [3.63, 3.8) is 0 Å². The van der Waals surface area contributed by atoms with Gasteiger partial charge in [-0.15, -0.1) is 0 Å². The quantitative estimate of drug-likeness (QED) is 0.755. The summed E-state index contributed by atoms with van der Waals surface area (Å²) in [6.07, 6.45) is 3.49. The summed E-state index contributed by atoms with van der Waals surface area (Å²) < 4.78 is 0. The molecule has 0 unspecified atom stereocenters. The second-order valence-electron chi connectivity index (χ2n) is 3.89. The number of aliphatic imine (C=N–C) groups is 1. The van der Waals surface area contributed by atoms with Gasteiger partial charge in [0.05, 0.1) is 5.70 Å². The Morgan fingerprint density at radius 3 is 2.56 bits per heavy atom. The molecule has 2 rings (SSSR count). The summed E-state index contributed by atoms with van der Waals surface area (Å²) in [6.45, 7) is 5.92. The highest BCUT2D eigenvalue weighted by Gasteiger charge is 2.01. The van der Waals surface area contributed by atoms with Crippen LogP contribution in [0.15, 0.2) is 60.4 Å². The Hall–Kier alpha value is -1.93. The van der Waals surface area contributed by atoms with Crippen LogP contribution in [0, 0.1) is 0 Å². The summed E-state index contributed by atoms with van der Waals surface area (Å²) in [5.41, 5.74) is 3.57. The topological polar surface area (TPSA) is 25.2 Å². The van der Waals surface area contributed by atoms with Gasteiger partial charge >= 0.3 is 0 Å². The molecule has 0 N–H and O–H groups in total. The minimum absolute atomic E-state index is 0.686. The highest BCUT2D eigenvalue weighted by molar-refractivity contribution is 6.30. The Kier molecular flexibility index (Phi) is 3.90. The molecule has 0 aliphatic rings. The van der Waals surface area contributed by atoms with Crippen molar-refractivity contribution in [3.05, 3.63) is 71.5 Å². The van der Waals surface area contributed by atoms with E-state index < -0.39 is 0 Å². The van der Waals surface area contributed by atoms with Crippen LogP contribution in [0.25, 0.3) is 5.70 Å². The van der Waals surface area contributed by atoms with Crippen LogP contribution in [-0.4, -0.2) is 10.7 Å². The summed E-state index contributed by atoms with van der Waals surface area (Å²) in [7, 11) is 0. The maximum Gasteiger partial charge on any atom is 0.0634 e. The molecule has 2 nitrogen and oxygen atoms in total. The molecule has 0 spiro atoms. The first-order valence-electron chi connectivity index (χ1n) is 5.57. The number of hydrogen-bond donors (Lipinski definition) is 0. The zero-order valence-corrected chi connectivity index (χ0v) is 10.9. The lowest BCUT2D eigenvalue weighted by molar-refractivity contribution is 1.32. The van der Waals surface area contributed by atoms with E-state index in [1.165, 1.54) is 0 Å². The maximum absolute atomic E-state index is 5.94. The number of nitrogens with zero attached hydrogens (tertiary/aromatic N) is 2. The summed E-state index contributed by atoms with van der Waals surface area (Å²) in [6, 6.07) is 11.4. The first kappa shape index (κ1) is 12.5. The Balaban J connectivity index is 2.26. The van der Waals surface area contributed by atoms with Gasteiger partial charge in [0.1, 0.15) is 0 Å². The van der Waals surface area contributed by atoms with Crippen LogP contribution in [0.4, 0.5) is 0 Å². The van der Waals surface area contributed by atoms with Gasteiger partial charge in [0.2, 0.25) is 0 Å². The molecule has 0 radical (unpaired) electrons. The molecule has 0 saturated carbocycles. The minimum atomic E-state index is 0.686. The molecule has 0 atom stereocenters. The van der Waals surface area contributed by atoms with Gasteiger partial charge in [-0.1, -0.05) is 30.3 Å². The van der Waals surface area contributed by atoms with Gasteiger partial charge in [-0.2, -0.15) is 0 Å². The largest absolute Gasteiger partial charge is 0.265 e. The van der Waals surface area contributed by atoms with Gasteiger partial charge in [0.15, 0.2) is 0 Å². The molecule has 0 saturated heterocycles. The highest BCUT2D eigenvalue weighted by Crippen LogP contribution is 2.19. The zero-order chi connectivity index (χ0) is 13.0. The summed E-state index contributed by atoms with van der Waals surface area (Å²) in [5, 5.41) is 0.686. The van der Waals surface area contributed by atoms with E-state index in [2.05, 4.69) is 16.6 Å². The van der Waals surface area contributed by atoms with Crippen LogP contribution in [0.5, 0.6) is 0 Å². The molecule has 0 bridgehead atoms. The van der Waals surface area contributed by atoms with Crippen molar-refractivity contribution in [1.29, 1.82) is 0 Å². The van der Waals surface area contributed by atoms with Crippen molar-refractivity contribution in [1.82, 2.24) is 4.98 Å². The highest BCUT2D eigenvalue weighted by atomic mass is 35.5. The lowest BCUT2D eigenvalue weighted by atomic mass is 10.1. The number of hydrogen-bond acceptors (Lipinski definition) is 2. The fourth-order valence-corrected chi connectivity index (χ4v) is 1.78. The molecule has 2 aromatic rings. The lowest BCUT2D eigenvalue weighted by Crippen LogP contribution is -1.95. The Labute approximate surface area is 112 Å². The van der Waals surface area contributed by atoms with E-state index in [0.29, 0.717) is 10.7 Å². The molecule has 1 heterocycles. The number of benzene rings is 1. The molecule has 1 aromatic carbocycles. The molecule has 1 aromatic heterocycles. The fraction of sp³-hybridized carbons (Fsp3) is 0.0667. The predicted molar refractivity (Wildman–Crippen MR) is 76.9 cm³/mol. The molecule has 18 heavy (non-hydrogen) atoms. The van der Waals surface area contributed by atoms with E-state index in [1.807, 2.05) is 43.3 Å². The SMILES string of the molecule is C=C(/N=C(\C)c1ccncc1)c1cccc(Cl)c1. The number of pyridine rings is 1. The van der Waals surface area contributed by atoms with Crippen LogP contribution in [-0.2, 0) is 0 Å². The van der Waals surface area contributed by atoms with E-state index in [4.69, 9.17) is 11.6 Å². The van der Waals surface area contributed by atoms with E-state index in [0.717, 1.165) is 16.8 Å². The van der Waals surface area contributed by atoms with E-state index in [-0.39, 0.29) is 0 Å². The van der Waals surface area contributed by atoms with E-state index in [1.54, 1.807) is 12.4 Å². The predicted octanol–water partition coefficient (Wildman–Crippen LogP) is 4.21. The van der Waals surface area contributed by atoms with Gasteiger partial charge in [-0.05, 0) is 36.8 Å². The van der Waals surface area contributed by atoms with Crippen molar-refractivity contribution in [3.8, 4) is 0 Å². The van der Waals surface area contributed by atoms with E-state index in [9.17, 15) is 0 Å². The third kappa shape index (κ3) is 3.05. The molecule has 0 fully saturated rings. The molecule has 0 aliphatic heterocycles. The molecule has 90 valence electrons. The average molecular weight is 257 g/mol. The van der Waals surface area contributed by atoms with Gasteiger partial charge in [0.25, 0.3) is 0 Å². The lowest BCUT2D eigenvalue weighted by Gasteiger charge is -2.04. The molecule has 3 heteroatoms. The monoisotopic (exact) mass is 256 g/mol. The third-order valence-electron chi connectivity index (χ3n) is 2.56. The minimum Gasteiger partial charge on any atom is -0.265 e. The van der Waals surface area contributed by atoms with Gasteiger partial charge < -0.3 is 0 Å². The first-order chi connectivity index (χ1) is 8.66. The normalized spacial score (nSPS) is 11.3. The average Bonchev–Trinajstić information content (AvgIpc) is 2.39.